The lowest BCUT2D eigenvalue weighted by molar-refractivity contribution is -0.120. The average Bonchev–Trinajstić information content (AvgIpc) is 2.25. The van der Waals surface area contributed by atoms with E-state index in [-0.39, 0.29) is 5.91 Å². The molecule has 0 aliphatic heterocycles. The van der Waals surface area contributed by atoms with Gasteiger partial charge in [0.05, 0.1) is 12.5 Å². The Morgan fingerprint density at radius 3 is 2.82 bits per heavy atom. The van der Waals surface area contributed by atoms with Gasteiger partial charge < -0.3 is 16.2 Å². The SMILES string of the molecule is Cc1cccc(CC(=O)NCC(N)C(C)O)c1. The molecule has 0 saturated heterocycles. The number of aliphatic hydroxyl groups excluding tert-OH is 1. The van der Waals surface area contributed by atoms with E-state index in [0.29, 0.717) is 13.0 Å². The van der Waals surface area contributed by atoms with Crippen LogP contribution in [0.2, 0.25) is 0 Å². The largest absolute Gasteiger partial charge is 0.392 e. The first-order chi connectivity index (χ1) is 7.99. The van der Waals surface area contributed by atoms with Crippen LogP contribution in [0.5, 0.6) is 0 Å². The van der Waals surface area contributed by atoms with Crippen molar-refractivity contribution in [3.63, 3.8) is 0 Å². The molecule has 94 valence electrons. The fraction of sp³-hybridized carbons (Fsp3) is 0.462. The van der Waals surface area contributed by atoms with Crippen molar-refractivity contribution in [2.24, 2.45) is 5.73 Å². The zero-order chi connectivity index (χ0) is 12.8. The lowest BCUT2D eigenvalue weighted by atomic mass is 10.1. The number of rotatable bonds is 5. The number of carbonyl (C=O) groups is 1. The summed E-state index contributed by atoms with van der Waals surface area (Å²) in [6.45, 7) is 3.89. The number of nitrogens with one attached hydrogen (secondary N) is 1. The molecule has 1 aromatic carbocycles. The second-order valence-electron chi connectivity index (χ2n) is 4.37. The first kappa shape index (κ1) is 13.7. The molecule has 1 aromatic rings. The summed E-state index contributed by atoms with van der Waals surface area (Å²) in [4.78, 5) is 11.6. The minimum Gasteiger partial charge on any atom is -0.392 e. The van der Waals surface area contributed by atoms with Gasteiger partial charge in [0.1, 0.15) is 0 Å². The van der Waals surface area contributed by atoms with Gasteiger partial charge in [-0.3, -0.25) is 4.79 Å². The number of benzene rings is 1. The van der Waals surface area contributed by atoms with Gasteiger partial charge in [0.15, 0.2) is 0 Å². The Kier molecular flexibility index (Phi) is 5.12. The third-order valence-corrected chi connectivity index (χ3v) is 2.60. The van der Waals surface area contributed by atoms with Crippen molar-refractivity contribution in [1.82, 2.24) is 5.32 Å². The molecule has 0 aliphatic carbocycles. The molecule has 17 heavy (non-hydrogen) atoms. The lowest BCUT2D eigenvalue weighted by Gasteiger charge is -2.15. The molecule has 4 N–H and O–H groups in total. The Morgan fingerprint density at radius 2 is 2.24 bits per heavy atom. The Labute approximate surface area is 102 Å². The molecule has 1 amide bonds. The van der Waals surface area contributed by atoms with E-state index in [1.807, 2.05) is 31.2 Å². The average molecular weight is 236 g/mol. The highest BCUT2D eigenvalue weighted by Gasteiger charge is 2.10. The molecule has 0 fully saturated rings. The van der Waals surface area contributed by atoms with Gasteiger partial charge in [-0.1, -0.05) is 29.8 Å². The van der Waals surface area contributed by atoms with Gasteiger partial charge in [0.25, 0.3) is 0 Å². The quantitative estimate of drug-likeness (QED) is 0.691. The van der Waals surface area contributed by atoms with Gasteiger partial charge in [-0.2, -0.15) is 0 Å². The van der Waals surface area contributed by atoms with Crippen molar-refractivity contribution in [2.45, 2.75) is 32.4 Å². The molecule has 0 aliphatic rings. The van der Waals surface area contributed by atoms with Gasteiger partial charge in [-0.25, -0.2) is 0 Å². The van der Waals surface area contributed by atoms with Crippen LogP contribution in [0, 0.1) is 6.92 Å². The van der Waals surface area contributed by atoms with E-state index < -0.39 is 12.1 Å². The number of nitrogens with two attached hydrogens (primary N) is 1. The van der Waals surface area contributed by atoms with Crippen LogP contribution >= 0.6 is 0 Å². The summed E-state index contributed by atoms with van der Waals surface area (Å²) >= 11 is 0. The van der Waals surface area contributed by atoms with E-state index in [0.717, 1.165) is 11.1 Å². The van der Waals surface area contributed by atoms with Crippen molar-refractivity contribution in [3.8, 4) is 0 Å². The molecule has 1 rings (SSSR count). The summed E-state index contributed by atoms with van der Waals surface area (Å²) in [5.74, 6) is -0.0771. The van der Waals surface area contributed by atoms with Crippen molar-refractivity contribution in [1.29, 1.82) is 0 Å². The first-order valence-corrected chi connectivity index (χ1v) is 5.75. The first-order valence-electron chi connectivity index (χ1n) is 5.75. The topological polar surface area (TPSA) is 75.4 Å². The van der Waals surface area contributed by atoms with Gasteiger partial charge >= 0.3 is 0 Å². The van der Waals surface area contributed by atoms with Crippen LogP contribution in [-0.2, 0) is 11.2 Å². The molecule has 4 nitrogen and oxygen atoms in total. The number of hydrogen-bond donors (Lipinski definition) is 3. The van der Waals surface area contributed by atoms with Crippen LogP contribution in [0.4, 0.5) is 0 Å². The summed E-state index contributed by atoms with van der Waals surface area (Å²) in [6, 6.07) is 7.40. The van der Waals surface area contributed by atoms with Crippen LogP contribution in [0.3, 0.4) is 0 Å². The van der Waals surface area contributed by atoms with Crippen molar-refractivity contribution in [2.75, 3.05) is 6.54 Å². The molecular formula is C13H20N2O2. The summed E-state index contributed by atoms with van der Waals surface area (Å²) in [7, 11) is 0. The maximum atomic E-state index is 11.6. The van der Waals surface area contributed by atoms with E-state index in [4.69, 9.17) is 5.73 Å². The fourth-order valence-electron chi connectivity index (χ4n) is 1.47. The van der Waals surface area contributed by atoms with E-state index in [1.165, 1.54) is 0 Å². The second-order valence-corrected chi connectivity index (χ2v) is 4.37. The maximum absolute atomic E-state index is 11.6. The predicted molar refractivity (Wildman–Crippen MR) is 67.5 cm³/mol. The minimum atomic E-state index is -0.616. The van der Waals surface area contributed by atoms with E-state index in [1.54, 1.807) is 6.92 Å². The third kappa shape index (κ3) is 4.97. The number of aryl methyl sites for hydroxylation is 1. The van der Waals surface area contributed by atoms with Gasteiger partial charge in [-0.15, -0.1) is 0 Å². The molecule has 0 radical (unpaired) electrons. The van der Waals surface area contributed by atoms with Crippen LogP contribution in [0.15, 0.2) is 24.3 Å². The molecule has 0 bridgehead atoms. The Morgan fingerprint density at radius 1 is 1.53 bits per heavy atom. The lowest BCUT2D eigenvalue weighted by Crippen LogP contribution is -2.44. The van der Waals surface area contributed by atoms with Crippen molar-refractivity contribution >= 4 is 5.91 Å². The summed E-state index contributed by atoms with van der Waals surface area (Å²) in [6.07, 6.45) is -0.275. The normalized spacial score (nSPS) is 14.1. The van der Waals surface area contributed by atoms with E-state index in [9.17, 15) is 9.90 Å². The summed E-state index contributed by atoms with van der Waals surface area (Å²) in [5.41, 5.74) is 7.73. The smallest absolute Gasteiger partial charge is 0.224 e. The van der Waals surface area contributed by atoms with Crippen molar-refractivity contribution in [3.05, 3.63) is 35.4 Å². The molecule has 4 heteroatoms. The summed E-state index contributed by atoms with van der Waals surface area (Å²) < 4.78 is 0. The highest BCUT2D eigenvalue weighted by molar-refractivity contribution is 5.78. The van der Waals surface area contributed by atoms with Crippen molar-refractivity contribution < 1.29 is 9.90 Å². The maximum Gasteiger partial charge on any atom is 0.224 e. The van der Waals surface area contributed by atoms with Gasteiger partial charge in [0.2, 0.25) is 5.91 Å². The van der Waals surface area contributed by atoms with Crippen LogP contribution < -0.4 is 11.1 Å². The zero-order valence-corrected chi connectivity index (χ0v) is 10.3. The van der Waals surface area contributed by atoms with Crippen LogP contribution in [0.25, 0.3) is 0 Å². The number of hydrogen-bond acceptors (Lipinski definition) is 3. The third-order valence-electron chi connectivity index (χ3n) is 2.60. The highest BCUT2D eigenvalue weighted by atomic mass is 16.3. The Hall–Kier alpha value is -1.39. The molecule has 0 heterocycles. The van der Waals surface area contributed by atoms with Gasteiger partial charge in [0, 0.05) is 12.6 Å². The molecule has 2 unspecified atom stereocenters. The Balaban J connectivity index is 2.40. The van der Waals surface area contributed by atoms with E-state index >= 15 is 0 Å². The van der Waals surface area contributed by atoms with Crippen LogP contribution in [-0.4, -0.2) is 29.7 Å². The monoisotopic (exact) mass is 236 g/mol. The van der Waals surface area contributed by atoms with Crippen LogP contribution in [0.1, 0.15) is 18.1 Å². The van der Waals surface area contributed by atoms with E-state index in [2.05, 4.69) is 5.32 Å². The molecule has 0 saturated carbocycles. The number of aliphatic hydroxyl groups is 1. The Bertz CT molecular complexity index is 377. The fourth-order valence-corrected chi connectivity index (χ4v) is 1.47. The zero-order valence-electron chi connectivity index (χ0n) is 10.3. The molecular weight excluding hydrogens is 216 g/mol. The van der Waals surface area contributed by atoms with Gasteiger partial charge in [-0.05, 0) is 19.4 Å². The summed E-state index contributed by atoms with van der Waals surface area (Å²) in [5, 5.41) is 11.9. The highest BCUT2D eigenvalue weighted by Crippen LogP contribution is 2.04. The number of amides is 1. The predicted octanol–water partition coefficient (Wildman–Crippen LogP) is 0.362. The molecule has 0 spiro atoms. The molecule has 2 atom stereocenters. The second kappa shape index (κ2) is 6.37. The molecule has 0 aromatic heterocycles. The standard InChI is InChI=1S/C13H20N2O2/c1-9-4-3-5-11(6-9)7-13(17)15-8-12(14)10(2)16/h3-6,10,12,16H,7-8,14H2,1-2H3,(H,15,17). The minimum absolute atomic E-state index is 0.0771. The number of carbonyl (C=O) groups excluding carboxylic acids is 1.